The van der Waals surface area contributed by atoms with Gasteiger partial charge in [0.15, 0.2) is 12.4 Å². The molecule has 6 atom stereocenters. The number of aliphatic hydroxyl groups excluding tert-OH is 3. The molecule has 0 aliphatic carbocycles. The van der Waals surface area contributed by atoms with E-state index in [0.717, 1.165) is 77.0 Å². The summed E-state index contributed by atoms with van der Waals surface area (Å²) in [4.78, 5) is 25.4. The maximum atomic E-state index is 12.8. The number of allylic oxidation sites excluding steroid dienone is 4. The third-order valence-corrected chi connectivity index (χ3v) is 11.0. The average Bonchev–Trinajstić information content (AvgIpc) is 3.17. The predicted octanol–water partition coefficient (Wildman–Crippen LogP) is 8.84. The van der Waals surface area contributed by atoms with Crippen LogP contribution in [0.3, 0.4) is 0 Å². The Morgan fingerprint density at radius 3 is 1.46 bits per heavy atom. The zero-order valence-electron chi connectivity index (χ0n) is 35.4. The van der Waals surface area contributed by atoms with Gasteiger partial charge >= 0.3 is 11.9 Å². The van der Waals surface area contributed by atoms with Gasteiger partial charge in [0.25, 0.3) is 10.1 Å². The van der Waals surface area contributed by atoms with Crippen molar-refractivity contribution < 1.29 is 56.8 Å². The van der Waals surface area contributed by atoms with Crippen molar-refractivity contribution in [1.82, 2.24) is 0 Å². The molecule has 1 fully saturated rings. The third-order valence-electron chi connectivity index (χ3n) is 10.3. The normalized spacial score (nSPS) is 20.7. The smallest absolute Gasteiger partial charge is 0.306 e. The molecule has 0 bridgehead atoms. The van der Waals surface area contributed by atoms with E-state index in [4.69, 9.17) is 18.9 Å². The lowest BCUT2D eigenvalue weighted by Gasteiger charge is -2.40. The van der Waals surface area contributed by atoms with Crippen molar-refractivity contribution in [2.45, 2.75) is 224 Å². The van der Waals surface area contributed by atoms with Crippen molar-refractivity contribution in [3.63, 3.8) is 0 Å². The SMILES string of the molecule is CCCCCCC/C=C\CCCCCCCC(=O)OCC(COC1OC(CS(=O)(=O)O)C(O)C(O)C1O)OC(=O)CCCCCCC/C=C\CCCCCCCC. The van der Waals surface area contributed by atoms with Crippen LogP contribution in [0.5, 0.6) is 0 Å². The van der Waals surface area contributed by atoms with Gasteiger partial charge in [-0.15, -0.1) is 0 Å². The molecule has 0 spiro atoms. The standard InChI is InChI=1S/C44H80O12S/c1-3-5-7-9-11-13-15-17-19-21-23-25-27-29-31-33-40(46)55-37(35-54-44-43(49)42(48)41(47)38(56-44)36-57(50,51)52)34-53-39(45)32-30-28-26-24-22-20-18-16-14-12-10-8-6-4-2/h16-19,37-38,41-44,47-49H,3-15,20-36H2,1-2H3,(H,50,51,52)/b18-16-,19-17-. The van der Waals surface area contributed by atoms with Crippen LogP contribution in [-0.4, -0.2) is 96.0 Å². The van der Waals surface area contributed by atoms with Crippen LogP contribution >= 0.6 is 0 Å². The van der Waals surface area contributed by atoms with Crippen LogP contribution in [0.1, 0.15) is 187 Å². The Balaban J connectivity index is 2.47. The fourth-order valence-electron chi connectivity index (χ4n) is 6.72. The second kappa shape index (κ2) is 34.9. The lowest BCUT2D eigenvalue weighted by Crippen LogP contribution is -2.60. The lowest BCUT2D eigenvalue weighted by atomic mass is 10.00. The molecule has 1 aliphatic rings. The maximum Gasteiger partial charge on any atom is 0.306 e. The fraction of sp³-hybridized carbons (Fsp3) is 0.864. The van der Waals surface area contributed by atoms with E-state index in [-0.39, 0.29) is 19.4 Å². The molecule has 13 heteroatoms. The van der Waals surface area contributed by atoms with Crippen LogP contribution in [0.15, 0.2) is 24.3 Å². The number of esters is 2. The van der Waals surface area contributed by atoms with Crippen molar-refractivity contribution in [2.24, 2.45) is 0 Å². The molecule has 12 nitrogen and oxygen atoms in total. The number of carbonyl (C=O) groups excluding carboxylic acids is 2. The molecule has 0 radical (unpaired) electrons. The lowest BCUT2D eigenvalue weighted by molar-refractivity contribution is -0.297. The first kappa shape index (κ1) is 53.1. The van der Waals surface area contributed by atoms with E-state index in [1.54, 1.807) is 0 Å². The molecule has 0 aromatic rings. The van der Waals surface area contributed by atoms with Gasteiger partial charge in [0, 0.05) is 12.8 Å². The summed E-state index contributed by atoms with van der Waals surface area (Å²) in [7, 11) is -4.60. The number of aliphatic hydroxyl groups is 3. The molecule has 4 N–H and O–H groups in total. The van der Waals surface area contributed by atoms with Gasteiger partial charge in [0.1, 0.15) is 36.8 Å². The Kier molecular flexibility index (Phi) is 32.6. The highest BCUT2D eigenvalue weighted by Gasteiger charge is 2.46. The zero-order valence-corrected chi connectivity index (χ0v) is 36.3. The van der Waals surface area contributed by atoms with Crippen molar-refractivity contribution in [3.05, 3.63) is 24.3 Å². The van der Waals surface area contributed by atoms with Crippen LogP contribution in [0.4, 0.5) is 0 Å². The van der Waals surface area contributed by atoms with E-state index >= 15 is 0 Å². The van der Waals surface area contributed by atoms with Gasteiger partial charge in [0.2, 0.25) is 0 Å². The molecule has 57 heavy (non-hydrogen) atoms. The van der Waals surface area contributed by atoms with Gasteiger partial charge in [-0.25, -0.2) is 0 Å². The van der Waals surface area contributed by atoms with Crippen molar-refractivity contribution >= 4 is 22.1 Å². The topological polar surface area (TPSA) is 186 Å². The van der Waals surface area contributed by atoms with Crippen LogP contribution in [0.2, 0.25) is 0 Å². The number of rotatable bonds is 37. The molecule has 0 aromatic heterocycles. The quantitative estimate of drug-likeness (QED) is 0.0202. The third kappa shape index (κ3) is 29.9. The Morgan fingerprint density at radius 1 is 0.579 bits per heavy atom. The van der Waals surface area contributed by atoms with Gasteiger partial charge in [-0.05, 0) is 64.2 Å². The second-order valence-electron chi connectivity index (χ2n) is 15.7. The molecule has 6 unspecified atom stereocenters. The van der Waals surface area contributed by atoms with E-state index in [9.17, 15) is 37.9 Å². The van der Waals surface area contributed by atoms with Gasteiger partial charge in [-0.2, -0.15) is 8.42 Å². The largest absolute Gasteiger partial charge is 0.462 e. The monoisotopic (exact) mass is 833 g/mol. The Morgan fingerprint density at radius 2 is 1.00 bits per heavy atom. The zero-order chi connectivity index (χ0) is 42.0. The Labute approximate surface area is 345 Å². The highest BCUT2D eigenvalue weighted by atomic mass is 32.2. The van der Waals surface area contributed by atoms with E-state index in [2.05, 4.69) is 38.2 Å². The Hall–Kier alpha value is -1.87. The fourth-order valence-corrected chi connectivity index (χ4v) is 7.42. The van der Waals surface area contributed by atoms with E-state index in [1.807, 2.05) is 0 Å². The molecule has 1 aliphatic heterocycles. The van der Waals surface area contributed by atoms with Crippen molar-refractivity contribution in [1.29, 1.82) is 0 Å². The highest BCUT2D eigenvalue weighted by Crippen LogP contribution is 2.24. The molecule has 0 saturated carbocycles. The maximum absolute atomic E-state index is 12.8. The van der Waals surface area contributed by atoms with Crippen LogP contribution in [0, 0.1) is 0 Å². The number of carbonyl (C=O) groups is 2. The first-order valence-electron chi connectivity index (χ1n) is 22.4. The summed E-state index contributed by atoms with van der Waals surface area (Å²) in [5.74, 6) is -2.00. The first-order valence-corrected chi connectivity index (χ1v) is 24.0. The predicted molar refractivity (Wildman–Crippen MR) is 224 cm³/mol. The summed E-state index contributed by atoms with van der Waals surface area (Å²) in [6.45, 7) is 3.73. The van der Waals surface area contributed by atoms with Gasteiger partial charge in [0.05, 0.1) is 6.61 Å². The minimum atomic E-state index is -4.60. The van der Waals surface area contributed by atoms with Crippen LogP contribution in [0.25, 0.3) is 0 Å². The average molecular weight is 833 g/mol. The molecule has 0 amide bonds. The van der Waals surface area contributed by atoms with E-state index in [0.29, 0.717) is 12.8 Å². The summed E-state index contributed by atoms with van der Waals surface area (Å²) in [6.07, 6.45) is 27.9. The van der Waals surface area contributed by atoms with E-state index < -0.39 is 71.2 Å². The molecule has 0 aromatic carbocycles. The highest BCUT2D eigenvalue weighted by molar-refractivity contribution is 7.85. The van der Waals surface area contributed by atoms with Gasteiger partial charge in [-0.1, -0.05) is 134 Å². The molecule has 1 heterocycles. The van der Waals surface area contributed by atoms with Crippen LogP contribution in [-0.2, 0) is 38.7 Å². The molecule has 1 rings (SSSR count). The summed E-state index contributed by atoms with van der Waals surface area (Å²) in [5, 5.41) is 30.8. The summed E-state index contributed by atoms with van der Waals surface area (Å²) in [5.41, 5.74) is 0. The molecule has 334 valence electrons. The second-order valence-corrected chi connectivity index (χ2v) is 17.2. The summed E-state index contributed by atoms with van der Waals surface area (Å²) >= 11 is 0. The molecule has 1 saturated heterocycles. The van der Waals surface area contributed by atoms with Gasteiger partial charge in [-0.3, -0.25) is 14.1 Å². The minimum Gasteiger partial charge on any atom is -0.462 e. The van der Waals surface area contributed by atoms with Gasteiger partial charge < -0.3 is 34.3 Å². The summed E-state index contributed by atoms with van der Waals surface area (Å²) < 4.78 is 54.0. The Bertz CT molecular complexity index is 1160. The van der Waals surface area contributed by atoms with Crippen LogP contribution < -0.4 is 0 Å². The van der Waals surface area contributed by atoms with E-state index in [1.165, 1.54) is 70.6 Å². The molecular weight excluding hydrogens is 753 g/mol. The number of hydrogen-bond donors (Lipinski definition) is 4. The first-order chi connectivity index (χ1) is 27.5. The number of hydrogen-bond acceptors (Lipinski definition) is 11. The summed E-state index contributed by atoms with van der Waals surface area (Å²) in [6, 6.07) is 0. The number of unbranched alkanes of at least 4 members (excludes halogenated alkanes) is 21. The minimum absolute atomic E-state index is 0.154. The molecular formula is C44H80O12S. The van der Waals surface area contributed by atoms with Crippen molar-refractivity contribution in [2.75, 3.05) is 19.0 Å². The number of ether oxygens (including phenoxy) is 4. The van der Waals surface area contributed by atoms with Crippen molar-refractivity contribution in [3.8, 4) is 0 Å².